The van der Waals surface area contributed by atoms with Gasteiger partial charge < -0.3 is 9.15 Å². The first-order chi connectivity index (χ1) is 10.2. The van der Waals surface area contributed by atoms with E-state index in [4.69, 9.17) is 20.8 Å². The molecule has 0 bridgehead atoms. The number of carbonyl (C=O) groups is 2. The Kier molecular flexibility index (Phi) is 3.66. The minimum absolute atomic E-state index is 0.162. The van der Waals surface area contributed by atoms with Crippen LogP contribution in [0, 0.1) is 0 Å². The van der Waals surface area contributed by atoms with Gasteiger partial charge in [0.1, 0.15) is 6.04 Å². The van der Waals surface area contributed by atoms with E-state index in [1.165, 1.54) is 11.2 Å². The first kappa shape index (κ1) is 13.7. The van der Waals surface area contributed by atoms with Crippen LogP contribution in [0.5, 0.6) is 0 Å². The number of hydrogen-bond donors (Lipinski definition) is 0. The average molecular weight is 306 g/mol. The maximum Gasteiger partial charge on any atom is 0.329 e. The lowest BCUT2D eigenvalue weighted by Gasteiger charge is -2.25. The first-order valence-electron chi connectivity index (χ1n) is 6.46. The van der Waals surface area contributed by atoms with E-state index in [-0.39, 0.29) is 5.76 Å². The molecular formula is C15H12ClNO4. The van der Waals surface area contributed by atoms with Crippen LogP contribution in [-0.4, -0.2) is 24.5 Å². The Morgan fingerprint density at radius 2 is 2.14 bits per heavy atom. The zero-order valence-electron chi connectivity index (χ0n) is 11.0. The summed E-state index contributed by atoms with van der Waals surface area (Å²) in [5, 5.41) is 0.483. The van der Waals surface area contributed by atoms with Gasteiger partial charge in [-0.25, -0.2) is 4.79 Å². The van der Waals surface area contributed by atoms with Crippen molar-refractivity contribution in [3.63, 3.8) is 0 Å². The Morgan fingerprint density at radius 1 is 1.29 bits per heavy atom. The third-order valence-corrected chi connectivity index (χ3v) is 3.49. The molecule has 6 heteroatoms. The molecule has 108 valence electrons. The topological polar surface area (TPSA) is 59.8 Å². The monoisotopic (exact) mass is 305 g/mol. The Bertz CT molecular complexity index is 668. The molecule has 2 aromatic rings. The molecule has 0 saturated carbocycles. The summed E-state index contributed by atoms with van der Waals surface area (Å²) in [4.78, 5) is 25.9. The van der Waals surface area contributed by atoms with Gasteiger partial charge in [0.15, 0.2) is 5.76 Å². The third-order valence-electron chi connectivity index (χ3n) is 3.26. The summed E-state index contributed by atoms with van der Waals surface area (Å²) in [7, 11) is 0. The Labute approximate surface area is 126 Å². The van der Waals surface area contributed by atoms with E-state index in [0.717, 1.165) is 0 Å². The predicted molar refractivity (Wildman–Crippen MR) is 76.3 cm³/mol. The Balaban J connectivity index is 2.02. The molecule has 3 rings (SSSR count). The smallest absolute Gasteiger partial charge is 0.329 e. The van der Waals surface area contributed by atoms with Gasteiger partial charge in [-0.05, 0) is 30.3 Å². The summed E-state index contributed by atoms with van der Waals surface area (Å²) < 4.78 is 10.1. The minimum atomic E-state index is -0.666. The fourth-order valence-electron chi connectivity index (χ4n) is 2.30. The van der Waals surface area contributed by atoms with Crippen molar-refractivity contribution < 1.29 is 18.7 Å². The number of benzene rings is 1. The molecule has 0 aliphatic carbocycles. The van der Waals surface area contributed by atoms with E-state index in [0.29, 0.717) is 23.7 Å². The van der Waals surface area contributed by atoms with Gasteiger partial charge in [0.25, 0.3) is 5.91 Å². The number of hydrogen-bond acceptors (Lipinski definition) is 4. The van der Waals surface area contributed by atoms with Gasteiger partial charge in [-0.15, -0.1) is 0 Å². The van der Waals surface area contributed by atoms with Crippen molar-refractivity contribution in [3.05, 3.63) is 53.4 Å². The molecule has 1 atom stereocenters. The second kappa shape index (κ2) is 5.61. The fraction of sp³-hybridized carbons (Fsp3) is 0.200. The van der Waals surface area contributed by atoms with E-state index < -0.39 is 17.9 Å². The number of carbonyl (C=O) groups excluding carboxylic acids is 2. The lowest BCUT2D eigenvalue weighted by atomic mass is 10.1. The fourth-order valence-corrected chi connectivity index (χ4v) is 2.49. The highest BCUT2D eigenvalue weighted by Crippen LogP contribution is 2.27. The van der Waals surface area contributed by atoms with Crippen molar-refractivity contribution in [1.82, 2.24) is 0 Å². The van der Waals surface area contributed by atoms with Crippen molar-refractivity contribution in [2.75, 3.05) is 11.5 Å². The molecule has 5 nitrogen and oxygen atoms in total. The van der Waals surface area contributed by atoms with Gasteiger partial charge in [0, 0.05) is 17.1 Å². The normalized spacial score (nSPS) is 17.6. The van der Waals surface area contributed by atoms with Gasteiger partial charge >= 0.3 is 5.97 Å². The summed E-state index contributed by atoms with van der Waals surface area (Å²) in [6.45, 7) is 0.298. The molecule has 1 fully saturated rings. The van der Waals surface area contributed by atoms with E-state index >= 15 is 0 Å². The number of amides is 1. The molecule has 21 heavy (non-hydrogen) atoms. The van der Waals surface area contributed by atoms with E-state index in [9.17, 15) is 9.59 Å². The number of anilines is 1. The minimum Gasteiger partial charge on any atom is -0.464 e. The standard InChI is InChI=1S/C15H12ClNO4/c16-10-3-1-4-11(9-10)17(12-6-8-21-15(12)19)14(18)13-5-2-7-20-13/h1-5,7,9,12H,6,8H2. The summed E-state index contributed by atoms with van der Waals surface area (Å²) in [5.74, 6) is -0.657. The van der Waals surface area contributed by atoms with Crippen LogP contribution in [0.2, 0.25) is 5.02 Å². The highest BCUT2D eigenvalue weighted by atomic mass is 35.5. The van der Waals surface area contributed by atoms with Crippen molar-refractivity contribution in [2.24, 2.45) is 0 Å². The maximum absolute atomic E-state index is 12.6. The van der Waals surface area contributed by atoms with Crippen LogP contribution >= 0.6 is 11.6 Å². The molecule has 0 N–H and O–H groups in total. The average Bonchev–Trinajstić information content (AvgIpc) is 3.11. The van der Waals surface area contributed by atoms with Crippen LogP contribution in [0.1, 0.15) is 17.0 Å². The van der Waals surface area contributed by atoms with Gasteiger partial charge in [-0.3, -0.25) is 9.69 Å². The van der Waals surface area contributed by atoms with Gasteiger partial charge in [0.05, 0.1) is 12.9 Å². The van der Waals surface area contributed by atoms with Gasteiger partial charge in [0.2, 0.25) is 0 Å². The predicted octanol–water partition coefficient (Wildman–Crippen LogP) is 2.90. The van der Waals surface area contributed by atoms with Crippen molar-refractivity contribution in [2.45, 2.75) is 12.5 Å². The van der Waals surface area contributed by atoms with Crippen LogP contribution < -0.4 is 4.90 Å². The van der Waals surface area contributed by atoms with E-state index in [1.54, 1.807) is 36.4 Å². The van der Waals surface area contributed by atoms with Crippen molar-refractivity contribution in [1.29, 1.82) is 0 Å². The van der Waals surface area contributed by atoms with Crippen LogP contribution in [0.3, 0.4) is 0 Å². The number of rotatable bonds is 3. The molecule has 1 amide bonds. The van der Waals surface area contributed by atoms with Crippen LogP contribution in [0.4, 0.5) is 5.69 Å². The SMILES string of the molecule is O=C1OCCC1N(C(=O)c1ccco1)c1cccc(Cl)c1. The summed E-state index contributed by atoms with van der Waals surface area (Å²) in [6, 6.07) is 9.29. The third kappa shape index (κ3) is 2.64. The lowest BCUT2D eigenvalue weighted by molar-refractivity contribution is -0.139. The molecule has 1 aliphatic heterocycles. The molecule has 2 heterocycles. The van der Waals surface area contributed by atoms with Crippen LogP contribution in [0.25, 0.3) is 0 Å². The second-order valence-electron chi connectivity index (χ2n) is 4.60. The molecule has 1 aliphatic rings. The molecule has 1 saturated heterocycles. The zero-order chi connectivity index (χ0) is 14.8. The van der Waals surface area contributed by atoms with Gasteiger partial charge in [-0.2, -0.15) is 0 Å². The summed E-state index contributed by atoms with van der Waals surface area (Å²) >= 11 is 5.98. The molecule has 1 aromatic carbocycles. The van der Waals surface area contributed by atoms with Crippen molar-refractivity contribution >= 4 is 29.2 Å². The number of furan rings is 1. The largest absolute Gasteiger partial charge is 0.464 e. The summed E-state index contributed by atoms with van der Waals surface area (Å²) in [5.41, 5.74) is 0.535. The lowest BCUT2D eigenvalue weighted by Crippen LogP contribution is -2.43. The molecule has 1 unspecified atom stereocenters. The van der Waals surface area contributed by atoms with Gasteiger partial charge in [-0.1, -0.05) is 17.7 Å². The van der Waals surface area contributed by atoms with E-state index in [2.05, 4.69) is 0 Å². The Morgan fingerprint density at radius 3 is 2.76 bits per heavy atom. The quantitative estimate of drug-likeness (QED) is 0.818. The molecular weight excluding hydrogens is 294 g/mol. The van der Waals surface area contributed by atoms with Crippen molar-refractivity contribution in [3.8, 4) is 0 Å². The number of halogens is 1. The number of cyclic esters (lactones) is 1. The van der Waals surface area contributed by atoms with E-state index in [1.807, 2.05) is 0 Å². The highest BCUT2D eigenvalue weighted by molar-refractivity contribution is 6.31. The molecule has 0 spiro atoms. The highest BCUT2D eigenvalue weighted by Gasteiger charge is 2.37. The number of esters is 1. The maximum atomic E-state index is 12.6. The second-order valence-corrected chi connectivity index (χ2v) is 5.04. The Hall–Kier alpha value is -2.27. The number of nitrogens with zero attached hydrogens (tertiary/aromatic N) is 1. The van der Waals surface area contributed by atoms with Crippen LogP contribution in [-0.2, 0) is 9.53 Å². The summed E-state index contributed by atoms with van der Waals surface area (Å²) in [6.07, 6.45) is 1.86. The molecule has 0 radical (unpaired) electrons. The number of ether oxygens (including phenoxy) is 1. The molecule has 1 aromatic heterocycles. The zero-order valence-corrected chi connectivity index (χ0v) is 11.7. The first-order valence-corrected chi connectivity index (χ1v) is 6.84. The van der Waals surface area contributed by atoms with Crippen LogP contribution in [0.15, 0.2) is 47.1 Å².